The second-order valence-electron chi connectivity index (χ2n) is 4.39. The van der Waals surface area contributed by atoms with Crippen LogP contribution in [0.2, 0.25) is 0 Å². The Balaban J connectivity index is 3.62. The van der Waals surface area contributed by atoms with Crippen molar-refractivity contribution in [1.82, 2.24) is 10.2 Å². The highest BCUT2D eigenvalue weighted by molar-refractivity contribution is 5.78. The first-order valence-electron chi connectivity index (χ1n) is 5.36. The summed E-state index contributed by atoms with van der Waals surface area (Å²) >= 11 is 0. The van der Waals surface area contributed by atoms with Crippen LogP contribution in [-0.4, -0.2) is 43.3 Å². The number of carbonyl (C=O) groups is 2. The molecule has 0 aromatic carbocycles. The number of rotatable bonds is 7. The van der Waals surface area contributed by atoms with Crippen LogP contribution in [0.4, 0.5) is 0 Å². The third-order valence-electron chi connectivity index (χ3n) is 1.97. The van der Waals surface area contributed by atoms with E-state index in [1.807, 2.05) is 11.9 Å². The number of nitrogens with zero attached hydrogens (tertiary/aromatic N) is 1. The third kappa shape index (κ3) is 9.41. The fraction of sp³-hybridized carbons (Fsp3) is 0.818. The van der Waals surface area contributed by atoms with E-state index in [4.69, 9.17) is 0 Å². The molecular formula is C11H22N2O2. The van der Waals surface area contributed by atoms with Gasteiger partial charge in [-0.3, -0.25) is 14.5 Å². The lowest BCUT2D eigenvalue weighted by Crippen LogP contribution is -2.37. The number of likely N-dealkylation sites (N-methyl/N-ethyl adjacent to an activating group) is 1. The molecule has 0 bridgehead atoms. The van der Waals surface area contributed by atoms with Crippen molar-refractivity contribution in [3.63, 3.8) is 0 Å². The summed E-state index contributed by atoms with van der Waals surface area (Å²) in [6, 6.07) is 0. The SMILES string of the molecule is CC(=O)CCN(C)CC(=O)NCC(C)C. The van der Waals surface area contributed by atoms with Gasteiger partial charge in [0, 0.05) is 19.5 Å². The molecule has 0 unspecified atom stereocenters. The van der Waals surface area contributed by atoms with Gasteiger partial charge in [0.1, 0.15) is 5.78 Å². The van der Waals surface area contributed by atoms with Crippen LogP contribution in [0.15, 0.2) is 0 Å². The topological polar surface area (TPSA) is 49.4 Å². The predicted octanol–water partition coefficient (Wildman–Crippen LogP) is 0.670. The summed E-state index contributed by atoms with van der Waals surface area (Å²) in [7, 11) is 1.85. The molecule has 0 aliphatic rings. The lowest BCUT2D eigenvalue weighted by Gasteiger charge is -2.15. The average Bonchev–Trinajstić information content (AvgIpc) is 2.11. The van der Waals surface area contributed by atoms with Crippen molar-refractivity contribution < 1.29 is 9.59 Å². The molecule has 4 heteroatoms. The highest BCUT2D eigenvalue weighted by atomic mass is 16.2. The van der Waals surface area contributed by atoms with Gasteiger partial charge in [0.25, 0.3) is 0 Å². The smallest absolute Gasteiger partial charge is 0.234 e. The first-order chi connectivity index (χ1) is 6.91. The number of nitrogens with one attached hydrogen (secondary N) is 1. The van der Waals surface area contributed by atoms with Crippen molar-refractivity contribution in [2.75, 3.05) is 26.7 Å². The van der Waals surface area contributed by atoms with Gasteiger partial charge in [0.2, 0.25) is 5.91 Å². The minimum absolute atomic E-state index is 0.0229. The van der Waals surface area contributed by atoms with Gasteiger partial charge >= 0.3 is 0 Å². The third-order valence-corrected chi connectivity index (χ3v) is 1.97. The molecule has 4 nitrogen and oxygen atoms in total. The minimum atomic E-state index is 0.0229. The van der Waals surface area contributed by atoms with Crippen LogP contribution in [-0.2, 0) is 9.59 Å². The monoisotopic (exact) mass is 214 g/mol. The average molecular weight is 214 g/mol. The highest BCUT2D eigenvalue weighted by Crippen LogP contribution is 1.90. The summed E-state index contributed by atoms with van der Waals surface area (Å²) in [6.07, 6.45) is 0.508. The molecule has 0 aromatic heterocycles. The van der Waals surface area contributed by atoms with Crippen LogP contribution < -0.4 is 5.32 Å². The molecule has 0 saturated carbocycles. The number of hydrogen-bond acceptors (Lipinski definition) is 3. The zero-order chi connectivity index (χ0) is 11.8. The van der Waals surface area contributed by atoms with Crippen LogP contribution in [0.25, 0.3) is 0 Å². The van der Waals surface area contributed by atoms with E-state index >= 15 is 0 Å². The Morgan fingerprint density at radius 1 is 1.33 bits per heavy atom. The second kappa shape index (κ2) is 7.40. The molecule has 1 N–H and O–H groups in total. The van der Waals surface area contributed by atoms with Crippen molar-refractivity contribution in [2.45, 2.75) is 27.2 Å². The van der Waals surface area contributed by atoms with Crippen LogP contribution in [0.1, 0.15) is 27.2 Å². The van der Waals surface area contributed by atoms with Gasteiger partial charge in [0.15, 0.2) is 0 Å². The number of amides is 1. The summed E-state index contributed by atoms with van der Waals surface area (Å²) in [4.78, 5) is 23.9. The maximum absolute atomic E-state index is 11.4. The second-order valence-corrected chi connectivity index (χ2v) is 4.39. The number of hydrogen-bond donors (Lipinski definition) is 1. The molecule has 0 spiro atoms. The number of Topliss-reactive ketones (excluding diaryl/α,β-unsaturated/α-hetero) is 1. The van der Waals surface area contributed by atoms with E-state index in [9.17, 15) is 9.59 Å². The Bertz CT molecular complexity index is 215. The van der Waals surface area contributed by atoms with Crippen LogP contribution in [0.3, 0.4) is 0 Å². The molecular weight excluding hydrogens is 192 g/mol. The largest absolute Gasteiger partial charge is 0.355 e. The minimum Gasteiger partial charge on any atom is -0.355 e. The summed E-state index contributed by atoms with van der Waals surface area (Å²) < 4.78 is 0. The van der Waals surface area contributed by atoms with Crippen molar-refractivity contribution in [1.29, 1.82) is 0 Å². The summed E-state index contributed by atoms with van der Waals surface area (Å²) in [5, 5.41) is 2.84. The lowest BCUT2D eigenvalue weighted by atomic mass is 10.2. The van der Waals surface area contributed by atoms with Crippen LogP contribution >= 0.6 is 0 Å². The van der Waals surface area contributed by atoms with E-state index in [1.54, 1.807) is 6.92 Å². The highest BCUT2D eigenvalue weighted by Gasteiger charge is 2.07. The Kier molecular flexibility index (Phi) is 6.96. The molecule has 0 fully saturated rings. The zero-order valence-electron chi connectivity index (χ0n) is 10.2. The standard InChI is InChI=1S/C11H22N2O2/c1-9(2)7-12-11(15)8-13(4)6-5-10(3)14/h9H,5-8H2,1-4H3,(H,12,15). The summed E-state index contributed by atoms with van der Waals surface area (Å²) in [5.74, 6) is 0.649. The van der Waals surface area contributed by atoms with Gasteiger partial charge < -0.3 is 5.32 Å². The van der Waals surface area contributed by atoms with E-state index in [2.05, 4.69) is 19.2 Å². The first kappa shape index (κ1) is 14.1. The fourth-order valence-corrected chi connectivity index (χ4v) is 1.05. The lowest BCUT2D eigenvalue weighted by molar-refractivity contribution is -0.123. The zero-order valence-corrected chi connectivity index (χ0v) is 10.2. The van der Waals surface area contributed by atoms with Crippen molar-refractivity contribution in [2.24, 2.45) is 5.92 Å². The molecule has 0 heterocycles. The molecule has 0 rings (SSSR count). The Labute approximate surface area is 92.0 Å². The normalized spacial score (nSPS) is 10.8. The van der Waals surface area contributed by atoms with Gasteiger partial charge in [-0.2, -0.15) is 0 Å². The first-order valence-corrected chi connectivity index (χ1v) is 5.36. The molecule has 1 amide bonds. The van der Waals surface area contributed by atoms with E-state index in [-0.39, 0.29) is 11.7 Å². The summed E-state index contributed by atoms with van der Waals surface area (Å²) in [5.41, 5.74) is 0. The maximum Gasteiger partial charge on any atom is 0.234 e. The van der Waals surface area contributed by atoms with E-state index in [1.165, 1.54) is 0 Å². The summed E-state index contributed by atoms with van der Waals surface area (Å²) in [6.45, 7) is 7.38. The Morgan fingerprint density at radius 2 is 1.93 bits per heavy atom. The predicted molar refractivity (Wildman–Crippen MR) is 60.6 cm³/mol. The number of ketones is 1. The van der Waals surface area contributed by atoms with E-state index < -0.39 is 0 Å². The van der Waals surface area contributed by atoms with E-state index in [0.717, 1.165) is 0 Å². The molecule has 0 aliphatic heterocycles. The van der Waals surface area contributed by atoms with Crippen LogP contribution in [0.5, 0.6) is 0 Å². The van der Waals surface area contributed by atoms with Gasteiger partial charge in [-0.05, 0) is 19.9 Å². The molecule has 15 heavy (non-hydrogen) atoms. The molecule has 0 radical (unpaired) electrons. The van der Waals surface area contributed by atoms with Crippen molar-refractivity contribution in [3.05, 3.63) is 0 Å². The van der Waals surface area contributed by atoms with Gasteiger partial charge in [-0.15, -0.1) is 0 Å². The van der Waals surface area contributed by atoms with Gasteiger partial charge in [-0.25, -0.2) is 0 Å². The molecule has 0 aliphatic carbocycles. The van der Waals surface area contributed by atoms with Gasteiger partial charge in [0.05, 0.1) is 6.54 Å². The molecule has 0 aromatic rings. The molecule has 0 saturated heterocycles. The Morgan fingerprint density at radius 3 is 2.40 bits per heavy atom. The van der Waals surface area contributed by atoms with Gasteiger partial charge in [-0.1, -0.05) is 13.8 Å². The maximum atomic E-state index is 11.4. The van der Waals surface area contributed by atoms with E-state index in [0.29, 0.717) is 32.0 Å². The van der Waals surface area contributed by atoms with Crippen molar-refractivity contribution in [3.8, 4) is 0 Å². The number of carbonyl (C=O) groups excluding carboxylic acids is 2. The quantitative estimate of drug-likeness (QED) is 0.677. The van der Waals surface area contributed by atoms with Crippen molar-refractivity contribution >= 4 is 11.7 Å². The molecule has 88 valence electrons. The molecule has 0 atom stereocenters. The Hall–Kier alpha value is -0.900. The van der Waals surface area contributed by atoms with Crippen LogP contribution in [0, 0.1) is 5.92 Å². The fourth-order valence-electron chi connectivity index (χ4n) is 1.05.